The van der Waals surface area contributed by atoms with Gasteiger partial charge >= 0.3 is 6.29 Å². The minimum absolute atomic E-state index is 0.0259. The molecule has 0 atom stereocenters. The fourth-order valence-corrected chi connectivity index (χ4v) is 3.94. The number of fused-ring (bicyclic) bond motifs is 1. The van der Waals surface area contributed by atoms with Gasteiger partial charge in [0.1, 0.15) is 4.90 Å². The highest BCUT2D eigenvalue weighted by molar-refractivity contribution is 9.10. The first-order chi connectivity index (χ1) is 10.3. The van der Waals surface area contributed by atoms with Crippen LogP contribution in [0.1, 0.15) is 0 Å². The first-order valence-electron chi connectivity index (χ1n) is 5.94. The highest BCUT2D eigenvalue weighted by atomic mass is 79.9. The quantitative estimate of drug-likeness (QED) is 0.868. The molecule has 0 unspecified atom stereocenters. The van der Waals surface area contributed by atoms with E-state index in [0.717, 1.165) is 6.07 Å². The van der Waals surface area contributed by atoms with E-state index < -0.39 is 16.3 Å². The van der Waals surface area contributed by atoms with Crippen LogP contribution in [0, 0.1) is 0 Å². The molecule has 3 rings (SSSR count). The number of alkyl halides is 2. The van der Waals surface area contributed by atoms with Gasteiger partial charge in [0.15, 0.2) is 11.5 Å². The molecule has 22 heavy (non-hydrogen) atoms. The maximum Gasteiger partial charge on any atom is 0.586 e. The van der Waals surface area contributed by atoms with Crippen LogP contribution in [-0.2, 0) is 10.0 Å². The van der Waals surface area contributed by atoms with Gasteiger partial charge in [0.05, 0.1) is 5.69 Å². The molecule has 9 heteroatoms. The zero-order chi connectivity index (χ0) is 16.0. The topological polar surface area (TPSA) is 64.6 Å². The van der Waals surface area contributed by atoms with Crippen LogP contribution >= 0.6 is 15.9 Å². The predicted octanol–water partition coefficient (Wildman–Crippen LogP) is 3.57. The molecule has 0 aromatic heterocycles. The van der Waals surface area contributed by atoms with Gasteiger partial charge in [-0.15, -0.1) is 8.78 Å². The Labute approximate surface area is 133 Å². The van der Waals surface area contributed by atoms with Gasteiger partial charge in [-0.05, 0) is 40.2 Å². The Morgan fingerprint density at radius 3 is 2.45 bits per heavy atom. The van der Waals surface area contributed by atoms with Crippen LogP contribution in [0.4, 0.5) is 14.5 Å². The molecular formula is C13H8BrF2NO4S. The van der Waals surface area contributed by atoms with Gasteiger partial charge in [0, 0.05) is 10.5 Å². The van der Waals surface area contributed by atoms with Gasteiger partial charge in [-0.25, -0.2) is 8.42 Å². The summed E-state index contributed by atoms with van der Waals surface area (Å²) in [7, 11) is -3.87. The van der Waals surface area contributed by atoms with Gasteiger partial charge in [-0.2, -0.15) is 0 Å². The van der Waals surface area contributed by atoms with Gasteiger partial charge in [0.25, 0.3) is 10.0 Å². The molecule has 2 aromatic carbocycles. The summed E-state index contributed by atoms with van der Waals surface area (Å²) in [6.07, 6.45) is -3.75. The van der Waals surface area contributed by atoms with E-state index in [1.807, 2.05) is 0 Å². The summed E-state index contributed by atoms with van der Waals surface area (Å²) in [6, 6.07) is 9.87. The second kappa shape index (κ2) is 5.10. The summed E-state index contributed by atoms with van der Waals surface area (Å²) < 4.78 is 61.6. The molecule has 116 valence electrons. The van der Waals surface area contributed by atoms with E-state index in [1.165, 1.54) is 18.2 Å². The highest BCUT2D eigenvalue weighted by Crippen LogP contribution is 2.42. The van der Waals surface area contributed by atoms with Crippen LogP contribution in [0.5, 0.6) is 11.5 Å². The van der Waals surface area contributed by atoms with Gasteiger partial charge < -0.3 is 9.47 Å². The van der Waals surface area contributed by atoms with Gasteiger partial charge in [-0.3, -0.25) is 4.72 Å². The summed E-state index contributed by atoms with van der Waals surface area (Å²) in [5, 5.41) is 0. The molecular weight excluding hydrogens is 384 g/mol. The van der Waals surface area contributed by atoms with Crippen LogP contribution in [-0.4, -0.2) is 14.7 Å². The van der Waals surface area contributed by atoms with E-state index in [2.05, 4.69) is 30.1 Å². The van der Waals surface area contributed by atoms with Crippen LogP contribution < -0.4 is 14.2 Å². The van der Waals surface area contributed by atoms with Crippen molar-refractivity contribution in [1.82, 2.24) is 0 Å². The Balaban J connectivity index is 1.90. The minimum Gasteiger partial charge on any atom is -0.395 e. The Morgan fingerprint density at radius 1 is 1.05 bits per heavy atom. The van der Waals surface area contributed by atoms with Crippen molar-refractivity contribution < 1.29 is 26.7 Å². The SMILES string of the molecule is O=S(=O)(Nc1ccc2c(c1)OC(F)(F)O2)c1ccccc1Br. The number of hydrogen-bond donors (Lipinski definition) is 1. The molecule has 2 aromatic rings. The normalized spacial score (nSPS) is 15.6. The van der Waals surface area contributed by atoms with E-state index >= 15 is 0 Å². The summed E-state index contributed by atoms with van der Waals surface area (Å²) in [5.41, 5.74) is 0.0794. The van der Waals surface area contributed by atoms with Crippen molar-refractivity contribution in [3.05, 3.63) is 46.9 Å². The number of hydrogen-bond acceptors (Lipinski definition) is 4. The number of rotatable bonds is 3. The lowest BCUT2D eigenvalue weighted by molar-refractivity contribution is -0.286. The number of halogens is 3. The first kappa shape index (κ1) is 15.0. The number of anilines is 1. The average Bonchev–Trinajstić information content (AvgIpc) is 2.71. The molecule has 0 spiro atoms. The van der Waals surface area contributed by atoms with E-state index in [1.54, 1.807) is 18.2 Å². The standard InChI is InChI=1S/C13H8BrF2NO4S/c14-9-3-1-2-4-12(9)22(18,19)17-8-5-6-10-11(7-8)21-13(15,16)20-10/h1-7,17H. The van der Waals surface area contributed by atoms with Crippen molar-refractivity contribution in [2.45, 2.75) is 11.2 Å². The fourth-order valence-electron chi connectivity index (χ4n) is 1.89. The molecule has 0 radical (unpaired) electrons. The summed E-state index contributed by atoms with van der Waals surface area (Å²) in [4.78, 5) is 0.0259. The van der Waals surface area contributed by atoms with Crippen molar-refractivity contribution in [1.29, 1.82) is 0 Å². The molecule has 0 bridgehead atoms. The number of benzene rings is 2. The second-order valence-corrected chi connectivity index (χ2v) is 6.87. The Hall–Kier alpha value is -1.87. The summed E-state index contributed by atoms with van der Waals surface area (Å²) >= 11 is 3.15. The van der Waals surface area contributed by atoms with Crippen molar-refractivity contribution in [2.75, 3.05) is 4.72 Å². The molecule has 5 nitrogen and oxygen atoms in total. The van der Waals surface area contributed by atoms with Crippen LogP contribution in [0.2, 0.25) is 0 Å². The average molecular weight is 392 g/mol. The zero-order valence-corrected chi connectivity index (χ0v) is 13.1. The predicted molar refractivity (Wildman–Crippen MR) is 77.6 cm³/mol. The lowest BCUT2D eigenvalue weighted by Crippen LogP contribution is -2.25. The Morgan fingerprint density at radius 2 is 1.73 bits per heavy atom. The lowest BCUT2D eigenvalue weighted by atomic mass is 10.3. The van der Waals surface area contributed by atoms with Crippen molar-refractivity contribution in [3.8, 4) is 11.5 Å². The molecule has 0 aliphatic carbocycles. The molecule has 1 N–H and O–H groups in total. The largest absolute Gasteiger partial charge is 0.586 e. The molecule has 1 aliphatic rings. The maximum atomic E-state index is 12.9. The van der Waals surface area contributed by atoms with Crippen molar-refractivity contribution >= 4 is 31.6 Å². The summed E-state index contributed by atoms with van der Waals surface area (Å²) in [6.45, 7) is 0. The molecule has 1 aliphatic heterocycles. The molecule has 0 fully saturated rings. The van der Waals surface area contributed by atoms with E-state index in [9.17, 15) is 17.2 Å². The summed E-state index contributed by atoms with van der Waals surface area (Å²) in [5.74, 6) is -0.397. The monoisotopic (exact) mass is 391 g/mol. The Bertz CT molecular complexity index is 842. The third-order valence-electron chi connectivity index (χ3n) is 2.78. The van der Waals surface area contributed by atoms with Crippen LogP contribution in [0.3, 0.4) is 0 Å². The van der Waals surface area contributed by atoms with Gasteiger partial charge in [-0.1, -0.05) is 12.1 Å². The maximum absolute atomic E-state index is 12.9. The van der Waals surface area contributed by atoms with Crippen LogP contribution in [0.15, 0.2) is 51.8 Å². The molecule has 1 heterocycles. The van der Waals surface area contributed by atoms with E-state index in [-0.39, 0.29) is 22.1 Å². The minimum atomic E-state index is -3.87. The lowest BCUT2D eigenvalue weighted by Gasteiger charge is -2.09. The second-order valence-electron chi connectivity index (χ2n) is 4.36. The van der Waals surface area contributed by atoms with Crippen molar-refractivity contribution in [2.24, 2.45) is 0 Å². The molecule has 0 saturated carbocycles. The Kier molecular flexibility index (Phi) is 3.48. The third-order valence-corrected chi connectivity index (χ3v) is 5.17. The van der Waals surface area contributed by atoms with Gasteiger partial charge in [0.2, 0.25) is 0 Å². The number of nitrogens with one attached hydrogen (secondary N) is 1. The third kappa shape index (κ3) is 2.86. The highest BCUT2D eigenvalue weighted by Gasteiger charge is 2.43. The first-order valence-corrected chi connectivity index (χ1v) is 8.22. The molecule has 0 amide bonds. The van der Waals surface area contributed by atoms with Crippen molar-refractivity contribution in [3.63, 3.8) is 0 Å². The van der Waals surface area contributed by atoms with Crippen LogP contribution in [0.25, 0.3) is 0 Å². The van der Waals surface area contributed by atoms with E-state index in [4.69, 9.17) is 0 Å². The fraction of sp³-hybridized carbons (Fsp3) is 0.0769. The number of sulfonamides is 1. The van der Waals surface area contributed by atoms with E-state index in [0.29, 0.717) is 4.47 Å². The molecule has 0 saturated heterocycles. The number of ether oxygens (including phenoxy) is 2. The zero-order valence-electron chi connectivity index (χ0n) is 10.7. The smallest absolute Gasteiger partial charge is 0.395 e.